The van der Waals surface area contributed by atoms with E-state index in [2.05, 4.69) is 5.09 Å². The van der Waals surface area contributed by atoms with Crippen LogP contribution in [0.1, 0.15) is 25.8 Å². The zero-order valence-electron chi connectivity index (χ0n) is 12.5. The van der Waals surface area contributed by atoms with Crippen LogP contribution in [0.4, 0.5) is 0 Å². The first-order valence-corrected chi connectivity index (χ1v) is 9.38. The van der Waals surface area contributed by atoms with Crippen LogP contribution in [0.15, 0.2) is 30.3 Å². The lowest BCUT2D eigenvalue weighted by molar-refractivity contribution is -0.143. The first kappa shape index (κ1) is 18.3. The first-order chi connectivity index (χ1) is 9.84. The Labute approximate surface area is 130 Å². The molecule has 0 radical (unpaired) electrons. The summed E-state index contributed by atoms with van der Waals surface area (Å²) in [6.45, 7) is 0.888. The van der Waals surface area contributed by atoms with Gasteiger partial charge in [-0.25, -0.2) is 5.09 Å². The summed E-state index contributed by atoms with van der Waals surface area (Å²) < 4.78 is 10.1. The summed E-state index contributed by atoms with van der Waals surface area (Å²) in [6.07, 6.45) is 0.514. The van der Waals surface area contributed by atoms with Gasteiger partial charge in [0.1, 0.15) is 6.04 Å². The van der Waals surface area contributed by atoms with Crippen LogP contribution in [-0.4, -0.2) is 24.0 Å². The standard InChI is InChI=1S/C14H22NO4PS/c1-11(2)9-13(14(16)18-3)15-20(17,21)19-10-12-7-5-4-6-8-12/h4-8,11,13H,9-10H2,1-3H3,(H2,15,17,21)/t13-,20?/m0/s1. The minimum absolute atomic E-state index is 0.192. The summed E-state index contributed by atoms with van der Waals surface area (Å²) in [6, 6.07) is 8.74. The van der Waals surface area contributed by atoms with Crippen molar-refractivity contribution in [3.8, 4) is 0 Å². The van der Waals surface area contributed by atoms with Gasteiger partial charge < -0.3 is 14.2 Å². The van der Waals surface area contributed by atoms with E-state index in [1.54, 1.807) is 0 Å². The molecule has 0 heterocycles. The fourth-order valence-electron chi connectivity index (χ4n) is 1.79. The van der Waals surface area contributed by atoms with Crippen molar-refractivity contribution >= 4 is 24.4 Å². The number of nitrogens with one attached hydrogen (secondary N) is 1. The van der Waals surface area contributed by atoms with Crippen molar-refractivity contribution in [3.63, 3.8) is 0 Å². The zero-order valence-corrected chi connectivity index (χ0v) is 14.2. The topological polar surface area (TPSA) is 67.8 Å². The van der Waals surface area contributed by atoms with E-state index >= 15 is 0 Å². The van der Waals surface area contributed by atoms with Crippen LogP contribution in [0.3, 0.4) is 0 Å². The lowest BCUT2D eigenvalue weighted by Gasteiger charge is -2.24. The van der Waals surface area contributed by atoms with Gasteiger partial charge in [0.25, 0.3) is 6.64 Å². The maximum atomic E-state index is 11.7. The lowest BCUT2D eigenvalue weighted by Crippen LogP contribution is -2.37. The van der Waals surface area contributed by atoms with Gasteiger partial charge in [0.2, 0.25) is 0 Å². The fourth-order valence-corrected chi connectivity index (χ4v) is 3.33. The monoisotopic (exact) mass is 331 g/mol. The predicted octanol–water partition coefficient (Wildman–Crippen LogP) is 2.60. The second-order valence-electron chi connectivity index (χ2n) is 5.11. The third kappa shape index (κ3) is 7.16. The Kier molecular flexibility index (Phi) is 7.49. The number of carbonyl (C=O) groups excluding carboxylic acids is 1. The van der Waals surface area contributed by atoms with Crippen LogP contribution in [0.5, 0.6) is 0 Å². The third-order valence-corrected chi connectivity index (χ3v) is 4.51. The molecular formula is C14H22NO4PS. The molecule has 21 heavy (non-hydrogen) atoms. The molecule has 0 amide bonds. The van der Waals surface area contributed by atoms with E-state index in [0.29, 0.717) is 6.42 Å². The second kappa shape index (κ2) is 8.61. The maximum Gasteiger partial charge on any atom is 0.323 e. The van der Waals surface area contributed by atoms with Gasteiger partial charge in [-0.2, -0.15) is 0 Å². The molecule has 5 nitrogen and oxygen atoms in total. The molecule has 0 saturated heterocycles. The van der Waals surface area contributed by atoms with Gasteiger partial charge in [-0.3, -0.25) is 4.79 Å². The lowest BCUT2D eigenvalue weighted by atomic mass is 10.1. The van der Waals surface area contributed by atoms with E-state index < -0.39 is 18.7 Å². The van der Waals surface area contributed by atoms with E-state index in [9.17, 15) is 9.69 Å². The zero-order chi connectivity index (χ0) is 15.9. The van der Waals surface area contributed by atoms with Crippen molar-refractivity contribution in [1.82, 2.24) is 5.09 Å². The predicted molar refractivity (Wildman–Crippen MR) is 86.1 cm³/mol. The molecule has 0 aliphatic heterocycles. The molecule has 1 aromatic rings. The van der Waals surface area contributed by atoms with Gasteiger partial charge in [0.05, 0.1) is 13.7 Å². The van der Waals surface area contributed by atoms with E-state index in [-0.39, 0.29) is 12.5 Å². The molecule has 0 aromatic heterocycles. The molecule has 1 rings (SSSR count). The quantitative estimate of drug-likeness (QED) is 0.564. The summed E-state index contributed by atoms with van der Waals surface area (Å²) in [5.74, 6) is -0.194. The van der Waals surface area contributed by atoms with Crippen molar-refractivity contribution < 1.29 is 18.9 Å². The average molecular weight is 331 g/mol. The number of benzene rings is 1. The highest BCUT2D eigenvalue weighted by Gasteiger charge is 2.27. The van der Waals surface area contributed by atoms with Crippen molar-refractivity contribution in [3.05, 3.63) is 35.9 Å². The number of esters is 1. The van der Waals surface area contributed by atoms with E-state index in [0.717, 1.165) is 5.56 Å². The van der Waals surface area contributed by atoms with Gasteiger partial charge in [-0.15, -0.1) is 0 Å². The Morgan fingerprint density at radius 2 is 2.00 bits per heavy atom. The normalized spacial score (nSPS) is 15.5. The molecule has 0 aliphatic rings. The Morgan fingerprint density at radius 3 is 2.52 bits per heavy atom. The van der Waals surface area contributed by atoms with Gasteiger partial charge >= 0.3 is 5.97 Å². The van der Waals surface area contributed by atoms with Crippen molar-refractivity contribution in [1.29, 1.82) is 0 Å². The highest BCUT2D eigenvalue weighted by Crippen LogP contribution is 2.39. The number of ether oxygens (including phenoxy) is 1. The van der Waals surface area contributed by atoms with Gasteiger partial charge in [0.15, 0.2) is 0 Å². The highest BCUT2D eigenvalue weighted by molar-refractivity contribution is 8.08. The SMILES string of the molecule is COC(=O)[C@H](CC(C)C)NP(O)(=S)OCc1ccccc1. The van der Waals surface area contributed by atoms with Crippen LogP contribution in [0, 0.1) is 5.92 Å². The molecular weight excluding hydrogens is 309 g/mol. The molecule has 1 aromatic carbocycles. The summed E-state index contributed by atoms with van der Waals surface area (Å²) in [7, 11) is 1.31. The number of carbonyl (C=O) groups is 1. The summed E-state index contributed by atoms with van der Waals surface area (Å²) in [4.78, 5) is 21.9. The highest BCUT2D eigenvalue weighted by atomic mass is 32.5. The summed E-state index contributed by atoms with van der Waals surface area (Å²) in [5, 5.41) is 2.73. The van der Waals surface area contributed by atoms with Crippen LogP contribution in [0.25, 0.3) is 0 Å². The number of rotatable bonds is 8. The molecule has 0 aliphatic carbocycles. The molecule has 7 heteroatoms. The van der Waals surface area contributed by atoms with Gasteiger partial charge in [-0.1, -0.05) is 44.2 Å². The average Bonchev–Trinajstić information content (AvgIpc) is 2.44. The molecule has 0 fully saturated rings. The molecule has 118 valence electrons. The van der Waals surface area contributed by atoms with Crippen molar-refractivity contribution in [2.45, 2.75) is 32.9 Å². The second-order valence-corrected chi connectivity index (χ2v) is 8.16. The Morgan fingerprint density at radius 1 is 1.38 bits per heavy atom. The number of hydrogen-bond donors (Lipinski definition) is 2. The Balaban J connectivity index is 2.63. The molecule has 2 N–H and O–H groups in total. The smallest absolute Gasteiger partial charge is 0.323 e. The number of hydrogen-bond acceptors (Lipinski definition) is 4. The van der Waals surface area contributed by atoms with Crippen LogP contribution >= 0.6 is 6.64 Å². The Hall–Kier alpha value is -0.780. The molecule has 0 saturated carbocycles. The minimum Gasteiger partial charge on any atom is -0.468 e. The van der Waals surface area contributed by atoms with E-state index in [4.69, 9.17) is 21.1 Å². The molecule has 2 atom stereocenters. The van der Waals surface area contributed by atoms with Crippen molar-refractivity contribution in [2.75, 3.05) is 7.11 Å². The van der Waals surface area contributed by atoms with E-state index in [1.807, 2.05) is 44.2 Å². The van der Waals surface area contributed by atoms with E-state index in [1.165, 1.54) is 7.11 Å². The summed E-state index contributed by atoms with van der Waals surface area (Å²) in [5.41, 5.74) is 0.904. The van der Waals surface area contributed by atoms with Gasteiger partial charge in [-0.05, 0) is 29.7 Å². The van der Waals surface area contributed by atoms with Crippen LogP contribution < -0.4 is 5.09 Å². The largest absolute Gasteiger partial charge is 0.468 e. The van der Waals surface area contributed by atoms with Crippen LogP contribution in [0.2, 0.25) is 0 Å². The minimum atomic E-state index is -3.25. The van der Waals surface area contributed by atoms with Gasteiger partial charge in [0, 0.05) is 0 Å². The maximum absolute atomic E-state index is 11.7. The molecule has 0 bridgehead atoms. The summed E-state index contributed by atoms with van der Waals surface area (Å²) >= 11 is 5.06. The fraction of sp³-hybridized carbons (Fsp3) is 0.500. The number of methoxy groups -OCH3 is 1. The molecule has 1 unspecified atom stereocenters. The first-order valence-electron chi connectivity index (χ1n) is 6.71. The Bertz CT molecular complexity index is 495. The van der Waals surface area contributed by atoms with Crippen LogP contribution in [-0.2, 0) is 32.5 Å². The van der Waals surface area contributed by atoms with Crippen molar-refractivity contribution in [2.24, 2.45) is 5.92 Å². The molecule has 0 spiro atoms. The third-order valence-electron chi connectivity index (χ3n) is 2.76.